The average Bonchev–Trinajstić information content (AvgIpc) is 2.41. The third-order valence-corrected chi connectivity index (χ3v) is 2.18. The zero-order chi connectivity index (χ0) is 11.2. The van der Waals surface area contributed by atoms with Crippen LogP contribution in [0.15, 0.2) is 12.1 Å². The van der Waals surface area contributed by atoms with E-state index in [0.29, 0.717) is 0 Å². The van der Waals surface area contributed by atoms with Gasteiger partial charge in [0, 0.05) is 11.1 Å². The minimum Gasteiger partial charge on any atom is -0.318 e. The van der Waals surface area contributed by atoms with Gasteiger partial charge in [-0.2, -0.15) is 0 Å². The molecule has 0 bridgehead atoms. The van der Waals surface area contributed by atoms with Gasteiger partial charge in [-0.05, 0) is 6.07 Å². The zero-order valence-corrected chi connectivity index (χ0v) is 7.87. The van der Waals surface area contributed by atoms with Crippen LogP contribution in [0, 0.1) is 10.1 Å². The number of nitro benzene ring substituents is 1. The Labute approximate surface area is 88.0 Å². The van der Waals surface area contributed by atoms with Crippen molar-refractivity contribution in [3.05, 3.63) is 32.8 Å². The molecule has 6 nitrogen and oxygen atoms in total. The van der Waals surface area contributed by atoms with Crippen molar-refractivity contribution in [2.75, 3.05) is 5.32 Å². The molecule has 1 aliphatic rings. The summed E-state index contributed by atoms with van der Waals surface area (Å²) in [5.41, 5.74) is -0.598. The lowest BCUT2D eigenvalue weighted by Gasteiger charge is -1.99. The van der Waals surface area contributed by atoms with Crippen LogP contribution in [0.2, 0.25) is 5.02 Å². The standard InChI is InChI=1S/C8H3ClN2O4/c9-3-1-4-6(5(2-3)11(14)15)7(12)8(13)10-4/h1-2H,(H,10,12,13). The molecule has 0 atom stereocenters. The third kappa shape index (κ3) is 1.35. The van der Waals surface area contributed by atoms with Crippen LogP contribution in [0.1, 0.15) is 10.4 Å². The molecule has 0 fully saturated rings. The lowest BCUT2D eigenvalue weighted by molar-refractivity contribution is -0.385. The number of nitrogens with zero attached hydrogens (tertiary/aromatic N) is 1. The second-order valence-electron chi connectivity index (χ2n) is 2.89. The van der Waals surface area contributed by atoms with Gasteiger partial charge in [0.25, 0.3) is 17.4 Å². The van der Waals surface area contributed by atoms with E-state index in [1.165, 1.54) is 6.07 Å². The maximum atomic E-state index is 11.3. The summed E-state index contributed by atoms with van der Waals surface area (Å²) in [5.74, 6) is -1.79. The minimum atomic E-state index is -0.909. The number of amides is 1. The van der Waals surface area contributed by atoms with Gasteiger partial charge in [0.05, 0.1) is 10.6 Å². The SMILES string of the molecule is O=C1Nc2cc(Cl)cc([N+](=O)[O-])c2C1=O. The molecule has 0 saturated carbocycles. The van der Waals surface area contributed by atoms with Crippen molar-refractivity contribution in [3.63, 3.8) is 0 Å². The monoisotopic (exact) mass is 226 g/mol. The molecular weight excluding hydrogens is 224 g/mol. The van der Waals surface area contributed by atoms with Crippen LogP contribution in [0.4, 0.5) is 11.4 Å². The van der Waals surface area contributed by atoms with Gasteiger partial charge in [0.2, 0.25) is 0 Å². The number of fused-ring (bicyclic) bond motifs is 1. The number of rotatable bonds is 1. The number of nitro groups is 1. The van der Waals surface area contributed by atoms with E-state index in [9.17, 15) is 19.7 Å². The number of hydrogen-bond donors (Lipinski definition) is 1. The Morgan fingerprint density at radius 3 is 2.60 bits per heavy atom. The fourth-order valence-electron chi connectivity index (χ4n) is 1.37. The maximum absolute atomic E-state index is 11.3. The van der Waals surface area contributed by atoms with E-state index in [1.54, 1.807) is 0 Å². The Kier molecular flexibility index (Phi) is 1.94. The summed E-state index contributed by atoms with van der Waals surface area (Å²) in [5, 5.41) is 12.9. The van der Waals surface area contributed by atoms with Gasteiger partial charge >= 0.3 is 0 Å². The van der Waals surface area contributed by atoms with Crippen molar-refractivity contribution in [1.29, 1.82) is 0 Å². The van der Waals surface area contributed by atoms with Crippen molar-refractivity contribution in [1.82, 2.24) is 0 Å². The number of carbonyl (C=O) groups is 2. The van der Waals surface area contributed by atoms with Gasteiger partial charge in [-0.25, -0.2) is 0 Å². The molecule has 1 heterocycles. The number of hydrogen-bond acceptors (Lipinski definition) is 4. The highest BCUT2D eigenvalue weighted by Crippen LogP contribution is 2.34. The third-order valence-electron chi connectivity index (χ3n) is 1.96. The predicted octanol–water partition coefficient (Wildman–Crippen LogP) is 1.38. The van der Waals surface area contributed by atoms with Crippen LogP contribution in [0.3, 0.4) is 0 Å². The van der Waals surface area contributed by atoms with Crippen LogP contribution >= 0.6 is 11.6 Å². The van der Waals surface area contributed by atoms with Crippen molar-refractivity contribution in [2.24, 2.45) is 0 Å². The van der Waals surface area contributed by atoms with Gasteiger partial charge < -0.3 is 5.32 Å². The van der Waals surface area contributed by atoms with E-state index in [2.05, 4.69) is 5.32 Å². The molecule has 1 aromatic carbocycles. The Balaban J connectivity index is 2.74. The fraction of sp³-hybridized carbons (Fsp3) is 0. The summed E-state index contributed by atoms with van der Waals surface area (Å²) < 4.78 is 0. The predicted molar refractivity (Wildman–Crippen MR) is 51.1 cm³/mol. The van der Waals surface area contributed by atoms with E-state index < -0.39 is 22.3 Å². The Morgan fingerprint density at radius 1 is 1.33 bits per heavy atom. The lowest BCUT2D eigenvalue weighted by atomic mass is 10.1. The molecule has 15 heavy (non-hydrogen) atoms. The van der Waals surface area contributed by atoms with Gasteiger partial charge in [0.1, 0.15) is 5.56 Å². The number of halogens is 1. The minimum absolute atomic E-state index is 0.0872. The average molecular weight is 227 g/mol. The van der Waals surface area contributed by atoms with Crippen LogP contribution in [-0.2, 0) is 4.79 Å². The molecule has 2 rings (SSSR count). The van der Waals surface area contributed by atoms with Gasteiger partial charge in [-0.15, -0.1) is 0 Å². The quantitative estimate of drug-likeness (QED) is 0.445. The smallest absolute Gasteiger partial charge is 0.297 e. The molecule has 0 aromatic heterocycles. The van der Waals surface area contributed by atoms with Crippen LogP contribution < -0.4 is 5.32 Å². The summed E-state index contributed by atoms with van der Waals surface area (Å²) in [4.78, 5) is 32.1. The molecule has 1 aromatic rings. The summed E-state index contributed by atoms with van der Waals surface area (Å²) >= 11 is 5.60. The molecule has 1 amide bonds. The zero-order valence-electron chi connectivity index (χ0n) is 7.11. The Morgan fingerprint density at radius 2 is 2.00 bits per heavy atom. The first-order chi connectivity index (χ1) is 7.00. The van der Waals surface area contributed by atoms with Gasteiger partial charge in [-0.3, -0.25) is 19.7 Å². The first-order valence-electron chi connectivity index (χ1n) is 3.84. The molecular formula is C8H3ClN2O4. The second kappa shape index (κ2) is 3.03. The number of benzene rings is 1. The number of Topliss-reactive ketones (excluding diaryl/α,β-unsaturated/α-hetero) is 1. The van der Waals surface area contributed by atoms with Crippen LogP contribution in [0.25, 0.3) is 0 Å². The number of nitrogens with one attached hydrogen (secondary N) is 1. The van der Waals surface area contributed by atoms with Crippen LogP contribution in [-0.4, -0.2) is 16.6 Å². The van der Waals surface area contributed by atoms with E-state index in [4.69, 9.17) is 11.6 Å². The topological polar surface area (TPSA) is 89.3 Å². The Hall–Kier alpha value is -1.95. The maximum Gasteiger partial charge on any atom is 0.297 e. The number of carbonyl (C=O) groups excluding carboxylic acids is 2. The van der Waals surface area contributed by atoms with E-state index in [0.717, 1.165) is 6.07 Å². The van der Waals surface area contributed by atoms with E-state index in [1.807, 2.05) is 0 Å². The highest BCUT2D eigenvalue weighted by atomic mass is 35.5. The van der Waals surface area contributed by atoms with Crippen molar-refractivity contribution in [2.45, 2.75) is 0 Å². The largest absolute Gasteiger partial charge is 0.318 e. The molecule has 0 saturated heterocycles. The highest BCUT2D eigenvalue weighted by Gasteiger charge is 2.35. The number of anilines is 1. The first-order valence-corrected chi connectivity index (χ1v) is 4.22. The van der Waals surface area contributed by atoms with E-state index >= 15 is 0 Å². The summed E-state index contributed by atoms with van der Waals surface area (Å²) in [6.45, 7) is 0. The molecule has 76 valence electrons. The highest BCUT2D eigenvalue weighted by molar-refractivity contribution is 6.52. The molecule has 0 radical (unpaired) electrons. The summed E-state index contributed by atoms with van der Waals surface area (Å²) in [7, 11) is 0. The van der Waals surface area contributed by atoms with Crippen molar-refractivity contribution >= 4 is 34.7 Å². The number of ketones is 1. The summed E-state index contributed by atoms with van der Waals surface area (Å²) in [6.07, 6.45) is 0. The molecule has 0 unspecified atom stereocenters. The molecule has 1 N–H and O–H groups in total. The van der Waals surface area contributed by atoms with Gasteiger partial charge in [-0.1, -0.05) is 11.6 Å². The van der Waals surface area contributed by atoms with Crippen LogP contribution in [0.5, 0.6) is 0 Å². The normalized spacial score (nSPS) is 13.7. The molecule has 7 heteroatoms. The second-order valence-corrected chi connectivity index (χ2v) is 3.32. The van der Waals surface area contributed by atoms with Gasteiger partial charge in [0.15, 0.2) is 0 Å². The molecule has 0 aliphatic carbocycles. The first kappa shape index (κ1) is 9.60. The fourth-order valence-corrected chi connectivity index (χ4v) is 1.58. The van der Waals surface area contributed by atoms with E-state index in [-0.39, 0.29) is 16.3 Å². The lowest BCUT2D eigenvalue weighted by Crippen LogP contribution is -2.13. The van der Waals surface area contributed by atoms with Crippen molar-refractivity contribution < 1.29 is 14.5 Å². The van der Waals surface area contributed by atoms with Crippen molar-refractivity contribution in [3.8, 4) is 0 Å². The molecule has 0 spiro atoms. The Bertz CT molecular complexity index is 512. The molecule has 1 aliphatic heterocycles. The summed E-state index contributed by atoms with van der Waals surface area (Å²) in [6, 6.07) is 2.34.